The number of rotatable bonds is 3. The fourth-order valence-corrected chi connectivity index (χ4v) is 1.50. The molecule has 0 saturated carbocycles. The maximum Gasteiger partial charge on any atom is 0.231 e. The van der Waals surface area contributed by atoms with Crippen LogP contribution in [0.15, 0.2) is 18.2 Å². The van der Waals surface area contributed by atoms with E-state index in [1.807, 2.05) is 13.0 Å². The number of carbonyl (C=O) groups excluding carboxylic acids is 1. The number of hydrogen-bond donors (Lipinski definition) is 1. The zero-order chi connectivity index (χ0) is 11.4. The average Bonchev–Trinajstić information content (AvgIpc) is 2.17. The van der Waals surface area contributed by atoms with Gasteiger partial charge in [0.05, 0.1) is 11.4 Å². The summed E-state index contributed by atoms with van der Waals surface area (Å²) in [4.78, 5) is 11.1. The van der Waals surface area contributed by atoms with Crippen LogP contribution in [0.25, 0.3) is 0 Å². The zero-order valence-electron chi connectivity index (χ0n) is 8.68. The molecule has 0 heterocycles. The van der Waals surface area contributed by atoms with Gasteiger partial charge in [-0.15, -0.1) is 0 Å². The number of benzene rings is 1. The Morgan fingerprint density at radius 1 is 1.60 bits per heavy atom. The molecule has 0 fully saturated rings. The highest BCUT2D eigenvalue weighted by atomic mass is 79.9. The quantitative estimate of drug-likeness (QED) is 0.844. The molecule has 0 unspecified atom stereocenters. The smallest absolute Gasteiger partial charge is 0.231 e. The number of hydrogen-bond acceptors (Lipinski definition) is 1. The number of nitrogens with one attached hydrogen (secondary N) is 1. The van der Waals surface area contributed by atoms with E-state index in [9.17, 15) is 9.18 Å². The Labute approximate surface area is 97.0 Å². The number of amides is 1. The monoisotopic (exact) mass is 273 g/mol. The maximum absolute atomic E-state index is 13.5. The fraction of sp³-hybridized carbons (Fsp3) is 0.364. The van der Waals surface area contributed by atoms with E-state index >= 15 is 0 Å². The number of aryl methyl sites for hydroxylation is 1. The Kier molecular flexibility index (Phi) is 4.27. The van der Waals surface area contributed by atoms with Crippen LogP contribution in [0.1, 0.15) is 24.1 Å². The first-order valence-electron chi connectivity index (χ1n) is 4.66. The minimum atomic E-state index is -0.310. The molecule has 1 N–H and O–H groups in total. The summed E-state index contributed by atoms with van der Waals surface area (Å²) >= 11 is 3.04. The topological polar surface area (TPSA) is 29.1 Å². The first-order chi connectivity index (χ1) is 7.04. The van der Waals surface area contributed by atoms with Crippen LogP contribution in [0.4, 0.5) is 4.39 Å². The van der Waals surface area contributed by atoms with Gasteiger partial charge in [0.2, 0.25) is 5.91 Å². The van der Waals surface area contributed by atoms with Crippen LogP contribution >= 0.6 is 15.9 Å². The summed E-state index contributed by atoms with van der Waals surface area (Å²) in [5.74, 6) is -0.431. The SMILES string of the molecule is Cc1ccc([C@H](C)NC(=O)CBr)c(F)c1. The molecule has 15 heavy (non-hydrogen) atoms. The van der Waals surface area contributed by atoms with Gasteiger partial charge in [0.15, 0.2) is 0 Å². The van der Waals surface area contributed by atoms with Gasteiger partial charge in [-0.05, 0) is 25.5 Å². The normalized spacial score (nSPS) is 12.3. The summed E-state index contributed by atoms with van der Waals surface area (Å²) in [5, 5.41) is 2.91. The van der Waals surface area contributed by atoms with E-state index in [4.69, 9.17) is 0 Å². The van der Waals surface area contributed by atoms with Crippen molar-refractivity contribution in [2.75, 3.05) is 5.33 Å². The molecule has 1 aromatic rings. The van der Waals surface area contributed by atoms with Crippen molar-refractivity contribution < 1.29 is 9.18 Å². The van der Waals surface area contributed by atoms with Crippen LogP contribution in [-0.4, -0.2) is 11.2 Å². The third kappa shape index (κ3) is 3.30. The van der Waals surface area contributed by atoms with E-state index < -0.39 is 0 Å². The van der Waals surface area contributed by atoms with Crippen molar-refractivity contribution in [3.05, 3.63) is 35.1 Å². The van der Waals surface area contributed by atoms with E-state index in [0.717, 1.165) is 5.56 Å². The molecule has 82 valence electrons. The van der Waals surface area contributed by atoms with Crippen LogP contribution in [0.2, 0.25) is 0 Å². The molecule has 0 radical (unpaired) electrons. The van der Waals surface area contributed by atoms with Crippen molar-refractivity contribution in [2.45, 2.75) is 19.9 Å². The molecule has 2 nitrogen and oxygen atoms in total. The van der Waals surface area contributed by atoms with E-state index in [2.05, 4.69) is 21.2 Å². The molecule has 1 aromatic carbocycles. The lowest BCUT2D eigenvalue weighted by Crippen LogP contribution is -2.27. The molecule has 0 aliphatic carbocycles. The lowest BCUT2D eigenvalue weighted by Gasteiger charge is -2.14. The van der Waals surface area contributed by atoms with Crippen molar-refractivity contribution in [3.63, 3.8) is 0 Å². The number of alkyl halides is 1. The van der Waals surface area contributed by atoms with E-state index in [1.54, 1.807) is 13.0 Å². The molecule has 4 heteroatoms. The molecule has 0 aliphatic heterocycles. The third-order valence-electron chi connectivity index (χ3n) is 2.12. The minimum Gasteiger partial charge on any atom is -0.349 e. The number of carbonyl (C=O) groups is 1. The van der Waals surface area contributed by atoms with E-state index in [1.165, 1.54) is 6.07 Å². The van der Waals surface area contributed by atoms with Gasteiger partial charge in [0.1, 0.15) is 5.82 Å². The molecular weight excluding hydrogens is 261 g/mol. The molecule has 0 aromatic heterocycles. The standard InChI is InChI=1S/C11H13BrFNO/c1-7-3-4-9(10(13)5-7)8(2)14-11(15)6-12/h3-5,8H,6H2,1-2H3,(H,14,15)/t8-/m0/s1. The highest BCUT2D eigenvalue weighted by Crippen LogP contribution is 2.17. The maximum atomic E-state index is 13.5. The van der Waals surface area contributed by atoms with Gasteiger partial charge < -0.3 is 5.32 Å². The van der Waals surface area contributed by atoms with Crippen LogP contribution in [0.5, 0.6) is 0 Å². The largest absolute Gasteiger partial charge is 0.349 e. The Hall–Kier alpha value is -0.900. The highest BCUT2D eigenvalue weighted by Gasteiger charge is 2.12. The summed E-state index contributed by atoms with van der Waals surface area (Å²) in [6, 6.07) is 4.68. The fourth-order valence-electron chi connectivity index (χ4n) is 1.34. The van der Waals surface area contributed by atoms with Gasteiger partial charge in [0.25, 0.3) is 0 Å². The van der Waals surface area contributed by atoms with Crippen molar-refractivity contribution in [2.24, 2.45) is 0 Å². The second kappa shape index (κ2) is 5.26. The second-order valence-corrected chi connectivity index (χ2v) is 4.01. The Morgan fingerprint density at radius 2 is 2.27 bits per heavy atom. The molecular formula is C11H13BrFNO. The Balaban J connectivity index is 2.82. The summed E-state index contributed by atoms with van der Waals surface area (Å²) in [6.45, 7) is 3.59. The Morgan fingerprint density at radius 3 is 2.80 bits per heavy atom. The molecule has 0 aliphatic rings. The predicted octanol–water partition coefficient (Wildman–Crippen LogP) is 2.71. The van der Waals surface area contributed by atoms with Gasteiger partial charge in [-0.25, -0.2) is 4.39 Å². The number of halogens is 2. The predicted molar refractivity (Wildman–Crippen MR) is 61.5 cm³/mol. The van der Waals surface area contributed by atoms with E-state index in [0.29, 0.717) is 5.56 Å². The summed E-state index contributed by atoms with van der Waals surface area (Å²) in [7, 11) is 0. The van der Waals surface area contributed by atoms with Crippen molar-refractivity contribution >= 4 is 21.8 Å². The summed E-state index contributed by atoms with van der Waals surface area (Å²) < 4.78 is 13.5. The second-order valence-electron chi connectivity index (χ2n) is 3.45. The van der Waals surface area contributed by atoms with Crippen molar-refractivity contribution in [1.29, 1.82) is 0 Å². The van der Waals surface area contributed by atoms with Crippen molar-refractivity contribution in [1.82, 2.24) is 5.32 Å². The van der Waals surface area contributed by atoms with E-state index in [-0.39, 0.29) is 23.1 Å². The van der Waals surface area contributed by atoms with Gasteiger partial charge >= 0.3 is 0 Å². The average molecular weight is 274 g/mol. The van der Waals surface area contributed by atoms with Gasteiger partial charge in [-0.2, -0.15) is 0 Å². The lowest BCUT2D eigenvalue weighted by molar-refractivity contribution is -0.119. The molecule has 1 amide bonds. The van der Waals surface area contributed by atoms with Crippen LogP contribution in [0, 0.1) is 12.7 Å². The Bertz CT molecular complexity index is 368. The molecule has 0 spiro atoms. The van der Waals surface area contributed by atoms with Crippen LogP contribution in [-0.2, 0) is 4.79 Å². The lowest BCUT2D eigenvalue weighted by atomic mass is 10.1. The molecule has 0 bridgehead atoms. The molecule has 1 rings (SSSR count). The third-order valence-corrected chi connectivity index (χ3v) is 2.63. The van der Waals surface area contributed by atoms with Gasteiger partial charge in [-0.1, -0.05) is 28.1 Å². The van der Waals surface area contributed by atoms with Crippen LogP contribution < -0.4 is 5.32 Å². The summed E-state index contributed by atoms with van der Waals surface area (Å²) in [6.07, 6.45) is 0. The molecule has 0 saturated heterocycles. The van der Waals surface area contributed by atoms with Gasteiger partial charge in [-0.3, -0.25) is 4.79 Å². The highest BCUT2D eigenvalue weighted by molar-refractivity contribution is 9.09. The van der Waals surface area contributed by atoms with Gasteiger partial charge in [0, 0.05) is 5.56 Å². The first kappa shape index (κ1) is 12.2. The van der Waals surface area contributed by atoms with Crippen molar-refractivity contribution in [3.8, 4) is 0 Å². The molecule has 1 atom stereocenters. The first-order valence-corrected chi connectivity index (χ1v) is 5.78. The minimum absolute atomic E-state index is 0.150. The van der Waals surface area contributed by atoms with Crippen LogP contribution in [0.3, 0.4) is 0 Å². The zero-order valence-corrected chi connectivity index (χ0v) is 10.3. The summed E-state index contributed by atoms with van der Waals surface area (Å²) in [5.41, 5.74) is 1.38.